The van der Waals surface area contributed by atoms with Crippen LogP contribution in [0.1, 0.15) is 17.2 Å². The molecular formula is C14H13Cl2NO2S. The van der Waals surface area contributed by atoms with Crippen molar-refractivity contribution in [3.8, 4) is 0 Å². The average molecular weight is 330 g/mol. The second kappa shape index (κ2) is 7.09. The van der Waals surface area contributed by atoms with Gasteiger partial charge in [0.2, 0.25) is 5.91 Å². The van der Waals surface area contributed by atoms with Gasteiger partial charge in [0.1, 0.15) is 0 Å². The maximum Gasteiger partial charge on any atom is 0.224 e. The van der Waals surface area contributed by atoms with Crippen molar-refractivity contribution in [2.24, 2.45) is 0 Å². The summed E-state index contributed by atoms with van der Waals surface area (Å²) in [4.78, 5) is 11.8. The average Bonchev–Trinajstić information content (AvgIpc) is 2.93. The predicted octanol–water partition coefficient (Wildman–Crippen LogP) is 3.45. The lowest BCUT2D eigenvalue weighted by Crippen LogP contribution is -2.29. The highest BCUT2D eigenvalue weighted by Gasteiger charge is 2.11. The molecular weight excluding hydrogens is 317 g/mol. The molecule has 1 unspecified atom stereocenters. The molecule has 1 amide bonds. The highest BCUT2D eigenvalue weighted by Crippen LogP contribution is 2.21. The van der Waals surface area contributed by atoms with Gasteiger partial charge < -0.3 is 10.4 Å². The minimum Gasteiger partial charge on any atom is -0.387 e. The smallest absolute Gasteiger partial charge is 0.224 e. The van der Waals surface area contributed by atoms with Crippen molar-refractivity contribution >= 4 is 40.4 Å². The van der Waals surface area contributed by atoms with Crippen LogP contribution in [0, 0.1) is 0 Å². The summed E-state index contributed by atoms with van der Waals surface area (Å²) in [6, 6.07) is 6.85. The maximum atomic E-state index is 11.8. The van der Waals surface area contributed by atoms with Crippen molar-refractivity contribution in [1.82, 2.24) is 5.32 Å². The molecule has 3 nitrogen and oxygen atoms in total. The van der Waals surface area contributed by atoms with E-state index in [1.165, 1.54) is 11.3 Å². The number of carbonyl (C=O) groups excluding carboxylic acids is 1. The largest absolute Gasteiger partial charge is 0.387 e. The lowest BCUT2D eigenvalue weighted by Gasteiger charge is -2.11. The van der Waals surface area contributed by atoms with Crippen LogP contribution in [0.2, 0.25) is 10.0 Å². The number of halogens is 2. The minimum absolute atomic E-state index is 0.159. The minimum atomic E-state index is -0.689. The highest BCUT2D eigenvalue weighted by atomic mass is 35.5. The maximum absolute atomic E-state index is 11.8. The van der Waals surface area contributed by atoms with Gasteiger partial charge in [-0.25, -0.2) is 0 Å². The van der Waals surface area contributed by atoms with Crippen LogP contribution < -0.4 is 5.32 Å². The zero-order valence-corrected chi connectivity index (χ0v) is 12.8. The van der Waals surface area contributed by atoms with E-state index < -0.39 is 6.10 Å². The van der Waals surface area contributed by atoms with E-state index >= 15 is 0 Å². The molecule has 0 fully saturated rings. The lowest BCUT2D eigenvalue weighted by molar-refractivity contribution is -0.120. The summed E-state index contributed by atoms with van der Waals surface area (Å²) in [6.07, 6.45) is -0.530. The van der Waals surface area contributed by atoms with Gasteiger partial charge in [-0.15, -0.1) is 0 Å². The summed E-state index contributed by atoms with van der Waals surface area (Å²) < 4.78 is 0. The quantitative estimate of drug-likeness (QED) is 0.882. The lowest BCUT2D eigenvalue weighted by atomic mass is 10.1. The number of amides is 1. The fourth-order valence-corrected chi connectivity index (χ4v) is 2.88. The molecule has 2 N–H and O–H groups in total. The zero-order valence-electron chi connectivity index (χ0n) is 10.5. The number of thiophene rings is 1. The summed E-state index contributed by atoms with van der Waals surface area (Å²) in [5, 5.41) is 17.3. The first-order chi connectivity index (χ1) is 9.56. The molecule has 20 heavy (non-hydrogen) atoms. The van der Waals surface area contributed by atoms with E-state index in [-0.39, 0.29) is 18.9 Å². The van der Waals surface area contributed by atoms with Crippen LogP contribution in [0.25, 0.3) is 0 Å². The van der Waals surface area contributed by atoms with Gasteiger partial charge in [0.25, 0.3) is 0 Å². The Hall–Kier alpha value is -1.07. The monoisotopic (exact) mass is 329 g/mol. The number of hydrogen-bond acceptors (Lipinski definition) is 3. The standard InChI is InChI=1S/C14H13Cl2NO2S/c15-11-2-1-9(12(16)6-11)5-14(19)17-7-13(18)10-3-4-20-8-10/h1-4,6,8,13,18H,5,7H2,(H,17,19). The molecule has 0 bridgehead atoms. The molecule has 0 aliphatic heterocycles. The van der Waals surface area contributed by atoms with E-state index in [1.54, 1.807) is 18.2 Å². The Kier molecular flexibility index (Phi) is 5.43. The van der Waals surface area contributed by atoms with E-state index in [1.807, 2.05) is 16.8 Å². The van der Waals surface area contributed by atoms with Crippen molar-refractivity contribution in [2.75, 3.05) is 6.54 Å². The highest BCUT2D eigenvalue weighted by molar-refractivity contribution is 7.07. The molecule has 0 radical (unpaired) electrons. The molecule has 0 aliphatic rings. The van der Waals surface area contributed by atoms with Gasteiger partial charge in [-0.3, -0.25) is 4.79 Å². The second-order valence-electron chi connectivity index (χ2n) is 4.29. The van der Waals surface area contributed by atoms with E-state index in [0.717, 1.165) is 5.56 Å². The Morgan fingerprint density at radius 1 is 1.35 bits per heavy atom. The van der Waals surface area contributed by atoms with Crippen LogP contribution in [0.4, 0.5) is 0 Å². The summed E-state index contributed by atoms with van der Waals surface area (Å²) >= 11 is 13.3. The van der Waals surface area contributed by atoms with Crippen LogP contribution in [-0.4, -0.2) is 17.6 Å². The summed E-state index contributed by atoms with van der Waals surface area (Å²) in [6.45, 7) is 0.181. The normalized spacial score (nSPS) is 12.2. The molecule has 1 aromatic heterocycles. The van der Waals surface area contributed by atoms with E-state index in [9.17, 15) is 9.90 Å². The van der Waals surface area contributed by atoms with Gasteiger partial charge in [-0.1, -0.05) is 29.3 Å². The molecule has 0 aliphatic carbocycles. The van der Waals surface area contributed by atoms with Crippen LogP contribution >= 0.6 is 34.5 Å². The number of hydrogen-bond donors (Lipinski definition) is 2. The van der Waals surface area contributed by atoms with Crippen LogP contribution in [0.15, 0.2) is 35.0 Å². The van der Waals surface area contributed by atoms with E-state index in [4.69, 9.17) is 23.2 Å². The third-order valence-electron chi connectivity index (χ3n) is 2.79. The summed E-state index contributed by atoms with van der Waals surface area (Å²) in [5.41, 5.74) is 1.51. The predicted molar refractivity (Wildman–Crippen MR) is 82.5 cm³/mol. The van der Waals surface area contributed by atoms with Crippen LogP contribution in [0.5, 0.6) is 0 Å². The topological polar surface area (TPSA) is 49.3 Å². The Labute approximate surface area is 131 Å². The molecule has 1 heterocycles. The van der Waals surface area contributed by atoms with Crippen molar-refractivity contribution in [3.63, 3.8) is 0 Å². The Morgan fingerprint density at radius 2 is 2.15 bits per heavy atom. The van der Waals surface area contributed by atoms with E-state index in [2.05, 4.69) is 5.32 Å². The zero-order chi connectivity index (χ0) is 14.5. The number of aliphatic hydroxyl groups excluding tert-OH is 1. The van der Waals surface area contributed by atoms with Crippen molar-refractivity contribution in [1.29, 1.82) is 0 Å². The molecule has 2 aromatic rings. The van der Waals surface area contributed by atoms with Gasteiger partial charge in [0.05, 0.1) is 12.5 Å². The SMILES string of the molecule is O=C(Cc1ccc(Cl)cc1Cl)NCC(O)c1ccsc1. The Bertz CT molecular complexity index is 587. The van der Waals surface area contributed by atoms with Crippen molar-refractivity contribution < 1.29 is 9.90 Å². The van der Waals surface area contributed by atoms with Gasteiger partial charge in [-0.05, 0) is 40.1 Å². The van der Waals surface area contributed by atoms with Gasteiger partial charge >= 0.3 is 0 Å². The fraction of sp³-hybridized carbons (Fsp3) is 0.214. The van der Waals surface area contributed by atoms with Crippen LogP contribution in [-0.2, 0) is 11.2 Å². The van der Waals surface area contributed by atoms with E-state index in [0.29, 0.717) is 15.6 Å². The number of rotatable bonds is 5. The second-order valence-corrected chi connectivity index (χ2v) is 5.91. The number of carbonyl (C=O) groups is 1. The van der Waals surface area contributed by atoms with Gasteiger partial charge in [0, 0.05) is 16.6 Å². The third-order valence-corrected chi connectivity index (χ3v) is 4.08. The van der Waals surface area contributed by atoms with Crippen LogP contribution in [0.3, 0.4) is 0 Å². The molecule has 1 aromatic carbocycles. The number of benzene rings is 1. The number of aliphatic hydroxyl groups is 1. The molecule has 106 valence electrons. The molecule has 0 saturated carbocycles. The first-order valence-electron chi connectivity index (χ1n) is 5.97. The molecule has 2 rings (SSSR count). The van der Waals surface area contributed by atoms with Gasteiger partial charge in [0.15, 0.2) is 0 Å². The number of nitrogens with one attached hydrogen (secondary N) is 1. The fourth-order valence-electron chi connectivity index (χ4n) is 1.69. The Balaban J connectivity index is 1.86. The molecule has 0 saturated heterocycles. The Morgan fingerprint density at radius 3 is 2.80 bits per heavy atom. The first kappa shape index (κ1) is 15.3. The summed E-state index contributed by atoms with van der Waals surface area (Å²) in [7, 11) is 0. The first-order valence-corrected chi connectivity index (χ1v) is 7.67. The van der Waals surface area contributed by atoms with Gasteiger partial charge in [-0.2, -0.15) is 11.3 Å². The van der Waals surface area contributed by atoms with Crippen molar-refractivity contribution in [3.05, 3.63) is 56.2 Å². The van der Waals surface area contributed by atoms with Crippen molar-refractivity contribution in [2.45, 2.75) is 12.5 Å². The molecule has 0 spiro atoms. The molecule has 6 heteroatoms. The molecule has 1 atom stereocenters. The summed E-state index contributed by atoms with van der Waals surface area (Å²) in [5.74, 6) is -0.191. The third kappa shape index (κ3) is 4.21.